The molecule has 1 N–H and O–H groups in total. The van der Waals surface area contributed by atoms with Gasteiger partial charge in [0.15, 0.2) is 11.9 Å². The summed E-state index contributed by atoms with van der Waals surface area (Å²) in [6.07, 6.45) is -0.497. The van der Waals surface area contributed by atoms with Crippen LogP contribution < -0.4 is 0 Å². The van der Waals surface area contributed by atoms with E-state index in [1.165, 1.54) is 20.8 Å². The van der Waals surface area contributed by atoms with Crippen LogP contribution in [0.1, 0.15) is 20.8 Å². The largest absolute Gasteiger partial charge is 0.462 e. The molecule has 0 fully saturated rings. The van der Waals surface area contributed by atoms with Crippen molar-refractivity contribution < 1.29 is 29.0 Å². The van der Waals surface area contributed by atoms with Gasteiger partial charge in [-0.05, 0) is 26.8 Å². The van der Waals surface area contributed by atoms with E-state index in [0.29, 0.717) is 0 Å². The zero-order chi connectivity index (χ0) is 15.9. The number of carbonyl (C=O) groups is 3. The highest BCUT2D eigenvalue weighted by molar-refractivity contribution is 5.93. The highest BCUT2D eigenvalue weighted by Crippen LogP contribution is 2.18. The summed E-state index contributed by atoms with van der Waals surface area (Å²) < 4.78 is 9.69. The fourth-order valence-corrected chi connectivity index (χ4v) is 0.996. The van der Waals surface area contributed by atoms with Gasteiger partial charge in [-0.25, -0.2) is 4.79 Å². The third-order valence-electron chi connectivity index (χ3n) is 2.37. The fraction of sp³-hybridized carbons (Fsp3) is 0.500. The van der Waals surface area contributed by atoms with Crippen LogP contribution in [0, 0.1) is 5.41 Å². The van der Waals surface area contributed by atoms with Crippen molar-refractivity contribution in [3.8, 4) is 0 Å². The maximum atomic E-state index is 11.8. The minimum atomic E-state index is -1.44. The molecule has 0 radical (unpaired) electrons. The summed E-state index contributed by atoms with van der Waals surface area (Å²) in [5.74, 6) is -1.93. The molecule has 0 saturated heterocycles. The van der Waals surface area contributed by atoms with Gasteiger partial charge in [-0.1, -0.05) is 13.2 Å². The van der Waals surface area contributed by atoms with Gasteiger partial charge in [0.2, 0.25) is 0 Å². The van der Waals surface area contributed by atoms with E-state index >= 15 is 0 Å². The average molecular weight is 284 g/mol. The number of rotatable bonds is 8. The van der Waals surface area contributed by atoms with Crippen molar-refractivity contribution in [2.75, 3.05) is 13.2 Å². The molecule has 0 bridgehead atoms. The van der Waals surface area contributed by atoms with Crippen molar-refractivity contribution in [2.45, 2.75) is 26.9 Å². The van der Waals surface area contributed by atoms with Crippen LogP contribution in [0.2, 0.25) is 0 Å². The van der Waals surface area contributed by atoms with E-state index in [1.54, 1.807) is 0 Å². The highest BCUT2D eigenvalue weighted by atomic mass is 16.6. The summed E-state index contributed by atoms with van der Waals surface area (Å²) in [6.45, 7) is 10.5. The molecule has 0 saturated carbocycles. The van der Waals surface area contributed by atoms with Gasteiger partial charge in [-0.2, -0.15) is 0 Å². The predicted octanol–water partition coefficient (Wildman–Crippen LogP) is 0.791. The summed E-state index contributed by atoms with van der Waals surface area (Å²) in [4.78, 5) is 34.0. The quantitative estimate of drug-likeness (QED) is 0.523. The van der Waals surface area contributed by atoms with E-state index in [-0.39, 0.29) is 12.2 Å². The molecule has 0 aromatic heterocycles. The Morgan fingerprint density at radius 1 is 1.30 bits per heavy atom. The fourth-order valence-electron chi connectivity index (χ4n) is 0.996. The third-order valence-corrected chi connectivity index (χ3v) is 2.37. The van der Waals surface area contributed by atoms with E-state index < -0.39 is 35.8 Å². The average Bonchev–Trinajstić information content (AvgIpc) is 2.40. The standard InChI is InChI=1S/C14H20O6/c1-6-10(15)11(16)7-19-13(18)14(4,5)8-20-12(17)9(2)3/h6,11,16H,1-2,7-8H2,3-5H3. The van der Waals surface area contributed by atoms with E-state index in [9.17, 15) is 19.5 Å². The lowest BCUT2D eigenvalue weighted by molar-refractivity contribution is -0.163. The molecule has 1 atom stereocenters. The second-order valence-corrected chi connectivity index (χ2v) is 4.96. The molecule has 0 aromatic rings. The molecule has 6 nitrogen and oxygen atoms in total. The number of carbonyl (C=O) groups excluding carboxylic acids is 3. The minimum Gasteiger partial charge on any atom is -0.462 e. The van der Waals surface area contributed by atoms with Crippen LogP contribution in [0.15, 0.2) is 24.8 Å². The van der Waals surface area contributed by atoms with Gasteiger partial charge in [0.1, 0.15) is 13.2 Å². The highest BCUT2D eigenvalue weighted by Gasteiger charge is 2.32. The predicted molar refractivity (Wildman–Crippen MR) is 71.7 cm³/mol. The number of hydrogen-bond acceptors (Lipinski definition) is 6. The normalized spacial score (nSPS) is 12.2. The zero-order valence-corrected chi connectivity index (χ0v) is 12.0. The van der Waals surface area contributed by atoms with Gasteiger partial charge in [-0.15, -0.1) is 0 Å². The molecule has 1 unspecified atom stereocenters. The van der Waals surface area contributed by atoms with Gasteiger partial charge in [0.25, 0.3) is 0 Å². The molecule has 0 aliphatic heterocycles. The molecular weight excluding hydrogens is 264 g/mol. The van der Waals surface area contributed by atoms with E-state index in [4.69, 9.17) is 9.47 Å². The first-order valence-corrected chi connectivity index (χ1v) is 5.96. The Balaban J connectivity index is 4.37. The van der Waals surface area contributed by atoms with Gasteiger partial charge in [-0.3, -0.25) is 9.59 Å². The summed E-state index contributed by atoms with van der Waals surface area (Å²) in [6, 6.07) is 0. The van der Waals surface area contributed by atoms with E-state index in [0.717, 1.165) is 6.08 Å². The van der Waals surface area contributed by atoms with Gasteiger partial charge in [0.05, 0.1) is 5.41 Å². The molecule has 0 aliphatic carbocycles. The van der Waals surface area contributed by atoms with Crippen molar-refractivity contribution in [3.63, 3.8) is 0 Å². The number of esters is 2. The first kappa shape index (κ1) is 18.0. The van der Waals surface area contributed by atoms with Crippen molar-refractivity contribution >= 4 is 17.7 Å². The third kappa shape index (κ3) is 5.79. The Morgan fingerprint density at radius 3 is 2.30 bits per heavy atom. The van der Waals surface area contributed by atoms with Gasteiger partial charge in [0, 0.05) is 5.57 Å². The van der Waals surface area contributed by atoms with Crippen LogP contribution in [0.25, 0.3) is 0 Å². The van der Waals surface area contributed by atoms with Crippen molar-refractivity contribution in [3.05, 3.63) is 24.8 Å². The molecule has 0 rings (SSSR count). The van der Waals surface area contributed by atoms with E-state index in [2.05, 4.69) is 13.2 Å². The van der Waals surface area contributed by atoms with Crippen LogP contribution in [0.4, 0.5) is 0 Å². The Morgan fingerprint density at radius 2 is 1.85 bits per heavy atom. The monoisotopic (exact) mass is 284 g/mol. The van der Waals surface area contributed by atoms with Crippen LogP contribution in [0.3, 0.4) is 0 Å². The topological polar surface area (TPSA) is 89.9 Å². The number of aliphatic hydroxyl groups excluding tert-OH is 1. The Labute approximate surface area is 118 Å². The Bertz CT molecular complexity index is 421. The Kier molecular flexibility index (Phi) is 6.85. The molecule has 0 heterocycles. The smallest absolute Gasteiger partial charge is 0.333 e. The van der Waals surface area contributed by atoms with Crippen LogP contribution in [-0.2, 0) is 23.9 Å². The zero-order valence-electron chi connectivity index (χ0n) is 12.0. The summed E-state index contributed by atoms with van der Waals surface area (Å²) in [5, 5.41) is 9.33. The summed E-state index contributed by atoms with van der Waals surface area (Å²) >= 11 is 0. The van der Waals surface area contributed by atoms with Crippen molar-refractivity contribution in [2.24, 2.45) is 5.41 Å². The first-order chi connectivity index (χ1) is 9.11. The van der Waals surface area contributed by atoms with Gasteiger partial charge >= 0.3 is 11.9 Å². The number of hydrogen-bond donors (Lipinski definition) is 1. The first-order valence-electron chi connectivity index (χ1n) is 5.96. The summed E-state index contributed by atoms with van der Waals surface area (Å²) in [7, 11) is 0. The lowest BCUT2D eigenvalue weighted by Gasteiger charge is -2.22. The number of ketones is 1. The maximum Gasteiger partial charge on any atom is 0.333 e. The molecule has 6 heteroatoms. The lowest BCUT2D eigenvalue weighted by Crippen LogP contribution is -2.35. The molecular formula is C14H20O6. The van der Waals surface area contributed by atoms with E-state index in [1.807, 2.05) is 0 Å². The Hall–Kier alpha value is -1.95. The molecule has 0 aromatic carbocycles. The van der Waals surface area contributed by atoms with Crippen molar-refractivity contribution in [1.82, 2.24) is 0 Å². The van der Waals surface area contributed by atoms with Crippen LogP contribution >= 0.6 is 0 Å². The number of ether oxygens (including phenoxy) is 2. The molecule has 0 amide bonds. The second kappa shape index (κ2) is 7.59. The van der Waals surface area contributed by atoms with Crippen LogP contribution in [0.5, 0.6) is 0 Å². The SMILES string of the molecule is C=CC(=O)C(O)COC(=O)C(C)(C)COC(=O)C(=C)C. The van der Waals surface area contributed by atoms with Crippen LogP contribution in [-0.4, -0.2) is 42.1 Å². The minimum absolute atomic E-state index is 0.191. The molecule has 0 spiro atoms. The lowest BCUT2D eigenvalue weighted by atomic mass is 9.95. The second-order valence-electron chi connectivity index (χ2n) is 4.96. The number of aliphatic hydroxyl groups is 1. The van der Waals surface area contributed by atoms with Gasteiger partial charge < -0.3 is 14.6 Å². The summed E-state index contributed by atoms with van der Waals surface area (Å²) in [5.41, 5.74) is -0.872. The molecule has 20 heavy (non-hydrogen) atoms. The molecule has 112 valence electrons. The van der Waals surface area contributed by atoms with Crippen molar-refractivity contribution in [1.29, 1.82) is 0 Å². The maximum absolute atomic E-state index is 11.8. The molecule has 0 aliphatic rings.